The van der Waals surface area contributed by atoms with E-state index in [1.165, 1.54) is 11.3 Å². The van der Waals surface area contributed by atoms with E-state index in [2.05, 4.69) is 10.3 Å². The maximum Gasteiger partial charge on any atom is 0.248 e. The van der Waals surface area contributed by atoms with Crippen LogP contribution in [0.2, 0.25) is 0 Å². The maximum absolute atomic E-state index is 12.9. The molecule has 2 aliphatic rings. The highest BCUT2D eigenvalue weighted by molar-refractivity contribution is 7.15. The summed E-state index contributed by atoms with van der Waals surface area (Å²) in [4.78, 5) is 32.9. The Morgan fingerprint density at radius 1 is 1.27 bits per heavy atom. The molecule has 1 atom stereocenters. The molecule has 0 saturated carbocycles. The zero-order valence-corrected chi connectivity index (χ0v) is 18.6. The zero-order chi connectivity index (χ0) is 21.5. The Morgan fingerprint density at radius 2 is 2.03 bits per heavy atom. The number of nitrogens with zero attached hydrogens (tertiary/aromatic N) is 2. The highest BCUT2D eigenvalue weighted by Gasteiger charge is 2.38. The molecule has 1 aromatic carbocycles. The number of hydrogen-bond acceptors (Lipinski definition) is 6. The number of fused-ring (bicyclic) bond motifs is 1. The molecule has 3 heterocycles. The molecule has 0 radical (unpaired) electrons. The van der Waals surface area contributed by atoms with Crippen LogP contribution >= 0.6 is 11.3 Å². The monoisotopic (exact) mass is 429 g/mol. The third kappa shape index (κ3) is 4.14. The van der Waals surface area contributed by atoms with E-state index in [4.69, 9.17) is 9.47 Å². The smallest absolute Gasteiger partial charge is 0.248 e. The number of ether oxygens (including phenoxy) is 2. The van der Waals surface area contributed by atoms with Crippen LogP contribution in [0.3, 0.4) is 0 Å². The first-order valence-corrected chi connectivity index (χ1v) is 11.0. The number of anilines is 1. The predicted molar refractivity (Wildman–Crippen MR) is 115 cm³/mol. The molecule has 30 heavy (non-hydrogen) atoms. The van der Waals surface area contributed by atoms with Crippen LogP contribution in [-0.2, 0) is 16.0 Å². The van der Waals surface area contributed by atoms with E-state index in [0.717, 1.165) is 34.1 Å². The summed E-state index contributed by atoms with van der Waals surface area (Å²) in [6.07, 6.45) is 2.22. The normalized spacial score (nSPS) is 18.0. The van der Waals surface area contributed by atoms with Gasteiger partial charge in [-0.25, -0.2) is 4.98 Å². The second-order valence-corrected chi connectivity index (χ2v) is 9.87. The number of rotatable bonds is 4. The number of likely N-dealkylation sites (tertiary alicyclic amines) is 1. The summed E-state index contributed by atoms with van der Waals surface area (Å²) in [5.74, 6) is 1.37. The Morgan fingerprint density at radius 3 is 2.80 bits per heavy atom. The van der Waals surface area contributed by atoms with E-state index in [9.17, 15) is 9.59 Å². The van der Waals surface area contributed by atoms with Crippen LogP contribution in [0.25, 0.3) is 0 Å². The third-order valence-electron chi connectivity index (χ3n) is 5.38. The van der Waals surface area contributed by atoms with Gasteiger partial charge >= 0.3 is 0 Å². The van der Waals surface area contributed by atoms with Crippen molar-refractivity contribution >= 4 is 28.3 Å². The molecule has 0 spiro atoms. The SMILES string of the molecule is Cc1nc(NC(=O)[C@H]2CCCN2C(=O)C(C)(C)C)sc1Cc1ccc2c(c1)OCO2. The van der Waals surface area contributed by atoms with Gasteiger partial charge in [0.1, 0.15) is 6.04 Å². The van der Waals surface area contributed by atoms with Gasteiger partial charge in [0.05, 0.1) is 5.69 Å². The Bertz CT molecular complexity index is 979. The molecule has 1 N–H and O–H groups in total. The van der Waals surface area contributed by atoms with Crippen LogP contribution in [0, 0.1) is 12.3 Å². The second-order valence-electron chi connectivity index (χ2n) is 8.79. The largest absolute Gasteiger partial charge is 0.454 e. The summed E-state index contributed by atoms with van der Waals surface area (Å²) in [5.41, 5.74) is 1.49. The lowest BCUT2D eigenvalue weighted by atomic mass is 9.94. The Balaban J connectivity index is 1.44. The Kier molecular flexibility index (Phi) is 5.44. The molecule has 2 aromatic rings. The Labute approximate surface area is 180 Å². The topological polar surface area (TPSA) is 80.8 Å². The highest BCUT2D eigenvalue weighted by atomic mass is 32.1. The second kappa shape index (κ2) is 7.91. The number of benzene rings is 1. The molecular weight excluding hydrogens is 402 g/mol. The number of aryl methyl sites for hydroxylation is 1. The molecule has 0 bridgehead atoms. The van der Waals surface area contributed by atoms with E-state index in [1.54, 1.807) is 4.90 Å². The number of thiazole rings is 1. The first kappa shape index (κ1) is 20.7. The van der Waals surface area contributed by atoms with Gasteiger partial charge in [0.15, 0.2) is 16.6 Å². The van der Waals surface area contributed by atoms with Crippen molar-refractivity contribution in [3.05, 3.63) is 34.3 Å². The molecule has 1 saturated heterocycles. The van der Waals surface area contributed by atoms with Crippen LogP contribution in [0.15, 0.2) is 18.2 Å². The van der Waals surface area contributed by atoms with Crippen LogP contribution in [0.1, 0.15) is 49.7 Å². The molecule has 0 unspecified atom stereocenters. The van der Waals surface area contributed by atoms with Crippen molar-refractivity contribution in [1.29, 1.82) is 0 Å². The number of carbonyl (C=O) groups excluding carboxylic acids is 2. The zero-order valence-electron chi connectivity index (χ0n) is 17.8. The number of amides is 2. The van der Waals surface area contributed by atoms with Gasteiger partial charge in [-0.15, -0.1) is 11.3 Å². The third-order valence-corrected chi connectivity index (χ3v) is 6.46. The van der Waals surface area contributed by atoms with Crippen molar-refractivity contribution in [2.75, 3.05) is 18.7 Å². The number of hydrogen-bond donors (Lipinski definition) is 1. The number of aromatic nitrogens is 1. The molecule has 1 aromatic heterocycles. The minimum absolute atomic E-state index is 0.0129. The first-order chi connectivity index (χ1) is 14.2. The minimum atomic E-state index is -0.502. The van der Waals surface area contributed by atoms with Crippen molar-refractivity contribution in [3.63, 3.8) is 0 Å². The molecule has 2 aliphatic heterocycles. The molecule has 8 heteroatoms. The van der Waals surface area contributed by atoms with Crippen molar-refractivity contribution in [2.24, 2.45) is 5.41 Å². The van der Waals surface area contributed by atoms with Gasteiger partial charge in [-0.05, 0) is 37.5 Å². The van der Waals surface area contributed by atoms with E-state index >= 15 is 0 Å². The van der Waals surface area contributed by atoms with Gasteiger partial charge in [0, 0.05) is 23.3 Å². The van der Waals surface area contributed by atoms with Crippen molar-refractivity contribution in [3.8, 4) is 11.5 Å². The fraction of sp³-hybridized carbons (Fsp3) is 0.500. The number of nitrogens with one attached hydrogen (secondary N) is 1. The minimum Gasteiger partial charge on any atom is -0.454 e. The van der Waals surface area contributed by atoms with Crippen LogP contribution in [0.4, 0.5) is 5.13 Å². The average Bonchev–Trinajstić information content (AvgIpc) is 3.40. The van der Waals surface area contributed by atoms with Crippen molar-refractivity contribution in [2.45, 2.75) is 53.0 Å². The van der Waals surface area contributed by atoms with Crippen molar-refractivity contribution < 1.29 is 19.1 Å². The molecule has 160 valence electrons. The molecule has 4 rings (SSSR count). The van der Waals surface area contributed by atoms with E-state index < -0.39 is 11.5 Å². The quantitative estimate of drug-likeness (QED) is 0.801. The summed E-state index contributed by atoms with van der Waals surface area (Å²) in [5, 5.41) is 3.51. The van der Waals surface area contributed by atoms with E-state index in [0.29, 0.717) is 24.5 Å². The summed E-state index contributed by atoms with van der Waals surface area (Å²) < 4.78 is 10.8. The fourth-order valence-electron chi connectivity index (χ4n) is 3.78. The molecule has 2 amide bonds. The van der Waals surface area contributed by atoms with E-state index in [1.807, 2.05) is 45.9 Å². The number of carbonyl (C=O) groups is 2. The highest BCUT2D eigenvalue weighted by Crippen LogP contribution is 2.34. The van der Waals surface area contributed by atoms with Gasteiger partial charge in [0.25, 0.3) is 0 Å². The first-order valence-electron chi connectivity index (χ1n) is 10.2. The van der Waals surface area contributed by atoms with Crippen LogP contribution in [-0.4, -0.2) is 41.1 Å². The molecule has 0 aliphatic carbocycles. The molecule has 1 fully saturated rings. The predicted octanol–water partition coefficient (Wildman–Crippen LogP) is 3.75. The lowest BCUT2D eigenvalue weighted by Gasteiger charge is -2.30. The average molecular weight is 430 g/mol. The summed E-state index contributed by atoms with van der Waals surface area (Å²) in [6, 6.07) is 5.48. The van der Waals surface area contributed by atoms with Crippen LogP contribution < -0.4 is 14.8 Å². The maximum atomic E-state index is 12.9. The van der Waals surface area contributed by atoms with Gasteiger partial charge in [-0.2, -0.15) is 0 Å². The lowest BCUT2D eigenvalue weighted by molar-refractivity contribution is -0.143. The Hall–Kier alpha value is -2.61. The van der Waals surface area contributed by atoms with Crippen molar-refractivity contribution in [1.82, 2.24) is 9.88 Å². The summed E-state index contributed by atoms with van der Waals surface area (Å²) in [7, 11) is 0. The molecule has 7 nitrogen and oxygen atoms in total. The fourth-order valence-corrected chi connectivity index (χ4v) is 4.78. The molecular formula is C22H27N3O4S. The van der Waals surface area contributed by atoms with Crippen LogP contribution in [0.5, 0.6) is 11.5 Å². The standard InChI is InChI=1S/C22H27N3O4S/c1-13-18(11-14-7-8-16-17(10-14)29-12-28-16)30-21(23-13)24-19(26)15-6-5-9-25(15)20(27)22(2,3)4/h7-8,10,15H,5-6,9,11-12H2,1-4H3,(H,23,24,26)/t15-/m1/s1. The summed E-state index contributed by atoms with van der Waals surface area (Å²) in [6.45, 7) is 8.48. The van der Waals surface area contributed by atoms with Gasteiger partial charge in [-0.3, -0.25) is 9.59 Å². The van der Waals surface area contributed by atoms with Gasteiger partial charge < -0.3 is 19.7 Å². The van der Waals surface area contributed by atoms with Gasteiger partial charge in [-0.1, -0.05) is 26.8 Å². The van der Waals surface area contributed by atoms with E-state index in [-0.39, 0.29) is 18.6 Å². The lowest BCUT2D eigenvalue weighted by Crippen LogP contribution is -2.47. The summed E-state index contributed by atoms with van der Waals surface area (Å²) >= 11 is 1.47. The van der Waals surface area contributed by atoms with Gasteiger partial charge in [0.2, 0.25) is 18.6 Å².